The average molecular weight is 366 g/mol. The Kier molecular flexibility index (Phi) is 4.79. The van der Waals surface area contributed by atoms with Crippen LogP contribution >= 0.6 is 0 Å². The molecule has 0 saturated carbocycles. The Hall–Kier alpha value is -2.53. The van der Waals surface area contributed by atoms with Gasteiger partial charge in [-0.3, -0.25) is 9.69 Å². The summed E-state index contributed by atoms with van der Waals surface area (Å²) in [4.78, 5) is 15.2. The summed E-state index contributed by atoms with van der Waals surface area (Å²) in [6, 6.07) is 8.04. The molecule has 5 nitrogen and oxygen atoms in total. The van der Waals surface area contributed by atoms with Gasteiger partial charge in [0.1, 0.15) is 11.3 Å². The van der Waals surface area contributed by atoms with Gasteiger partial charge in [-0.05, 0) is 76.0 Å². The zero-order chi connectivity index (χ0) is 19.0. The smallest absolute Gasteiger partial charge is 0.287 e. The fourth-order valence-electron chi connectivity index (χ4n) is 4.22. The number of benzene rings is 1. The summed E-state index contributed by atoms with van der Waals surface area (Å²) in [5.74, 6) is 1.12. The van der Waals surface area contributed by atoms with Gasteiger partial charge in [0.15, 0.2) is 5.76 Å². The van der Waals surface area contributed by atoms with Crippen molar-refractivity contribution in [1.82, 2.24) is 10.2 Å². The van der Waals surface area contributed by atoms with E-state index in [1.807, 2.05) is 32.0 Å². The summed E-state index contributed by atoms with van der Waals surface area (Å²) in [5, 5.41) is 4.10. The largest absolute Gasteiger partial charge is 0.468 e. The fourth-order valence-corrected chi connectivity index (χ4v) is 4.22. The van der Waals surface area contributed by atoms with Crippen molar-refractivity contribution in [2.45, 2.75) is 39.7 Å². The number of carbonyl (C=O) groups excluding carboxylic acids is 1. The quantitative estimate of drug-likeness (QED) is 0.721. The summed E-state index contributed by atoms with van der Waals surface area (Å²) in [6.45, 7) is 8.61. The zero-order valence-electron chi connectivity index (χ0n) is 16.2. The highest BCUT2D eigenvalue weighted by Crippen LogP contribution is 2.30. The molecule has 1 atom stereocenters. The molecule has 1 aromatic carbocycles. The highest BCUT2D eigenvalue weighted by atomic mass is 16.3. The van der Waals surface area contributed by atoms with Crippen LogP contribution in [0.15, 0.2) is 39.4 Å². The predicted molar refractivity (Wildman–Crippen MR) is 105 cm³/mol. The van der Waals surface area contributed by atoms with Crippen molar-refractivity contribution in [1.29, 1.82) is 0 Å². The first kappa shape index (κ1) is 17.9. The molecular formula is C22H26N2O3. The summed E-state index contributed by atoms with van der Waals surface area (Å²) in [6.07, 6.45) is 4.06. The van der Waals surface area contributed by atoms with Crippen molar-refractivity contribution >= 4 is 16.9 Å². The van der Waals surface area contributed by atoms with Crippen molar-refractivity contribution in [3.05, 3.63) is 58.7 Å². The van der Waals surface area contributed by atoms with E-state index in [0.717, 1.165) is 46.5 Å². The third-order valence-corrected chi connectivity index (χ3v) is 5.49. The van der Waals surface area contributed by atoms with Gasteiger partial charge in [-0.1, -0.05) is 6.07 Å². The first-order valence-electron chi connectivity index (χ1n) is 9.60. The maximum atomic E-state index is 12.9. The Balaban J connectivity index is 1.55. The Bertz CT molecular complexity index is 950. The number of likely N-dealkylation sites (tertiary alicyclic amines) is 1. The van der Waals surface area contributed by atoms with Crippen molar-refractivity contribution < 1.29 is 13.6 Å². The lowest BCUT2D eigenvalue weighted by molar-refractivity contribution is 0.0907. The molecule has 4 rings (SSSR count). The Morgan fingerprint density at radius 3 is 2.70 bits per heavy atom. The second kappa shape index (κ2) is 7.24. The number of fused-ring (bicyclic) bond motifs is 1. The molecule has 142 valence electrons. The average Bonchev–Trinajstić information content (AvgIpc) is 3.36. The first-order valence-corrected chi connectivity index (χ1v) is 9.60. The fraction of sp³-hybridized carbons (Fsp3) is 0.409. The monoisotopic (exact) mass is 366 g/mol. The molecule has 1 aliphatic heterocycles. The van der Waals surface area contributed by atoms with E-state index in [-0.39, 0.29) is 11.9 Å². The van der Waals surface area contributed by atoms with E-state index < -0.39 is 0 Å². The number of nitrogens with one attached hydrogen (secondary N) is 1. The zero-order valence-corrected chi connectivity index (χ0v) is 16.2. The number of rotatable bonds is 5. The summed E-state index contributed by atoms with van der Waals surface area (Å²) in [5.41, 5.74) is 3.94. The van der Waals surface area contributed by atoms with E-state index in [1.165, 1.54) is 12.8 Å². The molecule has 2 aromatic heterocycles. The highest BCUT2D eigenvalue weighted by molar-refractivity contribution is 6.00. The van der Waals surface area contributed by atoms with Gasteiger partial charge in [0.25, 0.3) is 5.91 Å². The van der Waals surface area contributed by atoms with Crippen LogP contribution in [0.1, 0.15) is 51.9 Å². The van der Waals surface area contributed by atoms with Crippen LogP contribution in [0.2, 0.25) is 0 Å². The lowest BCUT2D eigenvalue weighted by atomic mass is 10.0. The van der Waals surface area contributed by atoms with Crippen molar-refractivity contribution in [3.63, 3.8) is 0 Å². The second-order valence-corrected chi connectivity index (χ2v) is 7.50. The molecule has 27 heavy (non-hydrogen) atoms. The standard InChI is InChI=1S/C22H26N2O3/c1-14-11-15(2)20-16(3)21(27-19(20)12-14)22(25)23-13-17(18-7-6-10-26-18)24-8-4-5-9-24/h6-7,10-12,17H,4-5,8-9,13H2,1-3H3,(H,23,25). The van der Waals surface area contributed by atoms with Gasteiger partial charge in [0.2, 0.25) is 0 Å². The maximum absolute atomic E-state index is 12.9. The van der Waals surface area contributed by atoms with Gasteiger partial charge in [0, 0.05) is 17.5 Å². The molecule has 5 heteroatoms. The minimum Gasteiger partial charge on any atom is -0.468 e. The van der Waals surface area contributed by atoms with Crippen LogP contribution in [0.25, 0.3) is 11.0 Å². The third-order valence-electron chi connectivity index (χ3n) is 5.49. The van der Waals surface area contributed by atoms with E-state index in [2.05, 4.69) is 23.2 Å². The topological polar surface area (TPSA) is 58.6 Å². The van der Waals surface area contributed by atoms with E-state index in [4.69, 9.17) is 8.83 Å². The summed E-state index contributed by atoms with van der Waals surface area (Å²) >= 11 is 0. The van der Waals surface area contributed by atoms with Crippen molar-refractivity contribution in [2.75, 3.05) is 19.6 Å². The van der Waals surface area contributed by atoms with Crippen LogP contribution in [0.5, 0.6) is 0 Å². The lowest BCUT2D eigenvalue weighted by Gasteiger charge is -2.25. The van der Waals surface area contributed by atoms with Gasteiger partial charge in [-0.15, -0.1) is 0 Å². The Labute approximate surface area is 159 Å². The number of furan rings is 2. The third kappa shape index (κ3) is 3.39. The number of aryl methyl sites for hydroxylation is 3. The van der Waals surface area contributed by atoms with Crippen LogP contribution in [0.4, 0.5) is 0 Å². The highest BCUT2D eigenvalue weighted by Gasteiger charge is 2.27. The number of hydrogen-bond donors (Lipinski definition) is 1. The SMILES string of the molecule is Cc1cc(C)c2c(C)c(C(=O)NCC(c3ccco3)N3CCCC3)oc2c1. The predicted octanol–water partition coefficient (Wildman–Crippen LogP) is 4.52. The van der Waals surface area contributed by atoms with E-state index >= 15 is 0 Å². The van der Waals surface area contributed by atoms with Gasteiger partial charge >= 0.3 is 0 Å². The summed E-state index contributed by atoms with van der Waals surface area (Å²) < 4.78 is 11.6. The van der Waals surface area contributed by atoms with Crippen molar-refractivity contribution in [3.8, 4) is 0 Å². The molecular weight excluding hydrogens is 340 g/mol. The van der Waals surface area contributed by atoms with E-state index in [0.29, 0.717) is 12.3 Å². The number of carbonyl (C=O) groups is 1. The number of hydrogen-bond acceptors (Lipinski definition) is 4. The molecule has 1 aliphatic rings. The van der Waals surface area contributed by atoms with Gasteiger partial charge in [-0.2, -0.15) is 0 Å². The normalized spacial score (nSPS) is 16.1. The van der Waals surface area contributed by atoms with E-state index in [9.17, 15) is 4.79 Å². The molecule has 0 spiro atoms. The number of amides is 1. The van der Waals surface area contributed by atoms with Crippen molar-refractivity contribution in [2.24, 2.45) is 0 Å². The first-order chi connectivity index (χ1) is 13.0. The molecule has 1 N–H and O–H groups in total. The Morgan fingerprint density at radius 1 is 1.22 bits per heavy atom. The molecule has 1 amide bonds. The van der Waals surface area contributed by atoms with Crippen LogP contribution < -0.4 is 5.32 Å². The van der Waals surface area contributed by atoms with Crippen LogP contribution in [0.3, 0.4) is 0 Å². The minimum atomic E-state index is -0.170. The molecule has 0 radical (unpaired) electrons. The van der Waals surface area contributed by atoms with E-state index in [1.54, 1.807) is 6.26 Å². The molecule has 0 aliphatic carbocycles. The van der Waals surface area contributed by atoms with Gasteiger partial charge in [0.05, 0.1) is 12.3 Å². The molecule has 1 saturated heterocycles. The summed E-state index contributed by atoms with van der Waals surface area (Å²) in [7, 11) is 0. The van der Waals surface area contributed by atoms with Crippen LogP contribution in [-0.2, 0) is 0 Å². The number of nitrogens with zero attached hydrogens (tertiary/aromatic N) is 1. The maximum Gasteiger partial charge on any atom is 0.287 e. The minimum absolute atomic E-state index is 0.0557. The van der Waals surface area contributed by atoms with Gasteiger partial charge in [-0.25, -0.2) is 0 Å². The molecule has 3 aromatic rings. The van der Waals surface area contributed by atoms with Crippen LogP contribution in [-0.4, -0.2) is 30.4 Å². The second-order valence-electron chi connectivity index (χ2n) is 7.50. The van der Waals surface area contributed by atoms with Gasteiger partial charge < -0.3 is 14.2 Å². The van der Waals surface area contributed by atoms with Crippen LogP contribution in [0, 0.1) is 20.8 Å². The lowest BCUT2D eigenvalue weighted by Crippen LogP contribution is -2.36. The molecule has 0 bridgehead atoms. The Morgan fingerprint density at radius 2 is 2.00 bits per heavy atom. The molecule has 1 unspecified atom stereocenters. The molecule has 1 fully saturated rings. The molecule has 3 heterocycles.